The van der Waals surface area contributed by atoms with Gasteiger partial charge in [-0.3, -0.25) is 4.79 Å². The molecule has 0 saturated heterocycles. The Bertz CT molecular complexity index is 1010. The number of hydrogen-bond acceptors (Lipinski definition) is 5. The molecule has 1 heterocycles. The number of amides is 2. The predicted octanol–water partition coefficient (Wildman–Crippen LogP) is 4.44. The van der Waals surface area contributed by atoms with E-state index in [4.69, 9.17) is 9.47 Å². The van der Waals surface area contributed by atoms with E-state index in [1.165, 1.54) is 4.90 Å². The van der Waals surface area contributed by atoms with Crippen LogP contribution in [0.3, 0.4) is 0 Å². The fourth-order valence-electron chi connectivity index (χ4n) is 4.24. The molecule has 3 rings (SSSR count). The molecule has 0 aliphatic carbocycles. The highest BCUT2D eigenvalue weighted by Crippen LogP contribution is 2.31. The van der Waals surface area contributed by atoms with E-state index in [1.54, 1.807) is 11.9 Å². The van der Waals surface area contributed by atoms with Gasteiger partial charge in [0.05, 0.1) is 38.5 Å². The monoisotopic (exact) mass is 482 g/mol. The molecule has 0 radical (unpaired) electrons. The Balaban J connectivity index is 1.98. The van der Waals surface area contributed by atoms with Crippen molar-refractivity contribution in [1.29, 1.82) is 0 Å². The number of aliphatic hydroxyl groups excluding tert-OH is 1. The number of nitrogens with zero attached hydrogens (tertiary/aromatic N) is 2. The first-order valence-electron chi connectivity index (χ1n) is 12.3. The highest BCUT2D eigenvalue weighted by molar-refractivity contribution is 6.01. The molecule has 7 heteroatoms. The van der Waals surface area contributed by atoms with Crippen molar-refractivity contribution in [3.05, 3.63) is 59.7 Å². The molecule has 35 heavy (non-hydrogen) atoms. The molecule has 2 aromatic rings. The van der Waals surface area contributed by atoms with E-state index in [2.05, 4.69) is 0 Å². The lowest BCUT2D eigenvalue weighted by molar-refractivity contribution is -0.0234. The summed E-state index contributed by atoms with van der Waals surface area (Å²) in [7, 11) is 1.70. The van der Waals surface area contributed by atoms with Gasteiger partial charge in [0.1, 0.15) is 0 Å². The molecule has 7 nitrogen and oxygen atoms in total. The second-order valence-corrected chi connectivity index (χ2v) is 9.87. The van der Waals surface area contributed by atoms with Gasteiger partial charge in [-0.15, -0.1) is 0 Å². The molecular formula is C28H38N2O5. The maximum atomic E-state index is 13.8. The summed E-state index contributed by atoms with van der Waals surface area (Å²) in [5, 5.41) is 9.93. The number of fused-ring (bicyclic) bond motifs is 3. The quantitative estimate of drug-likeness (QED) is 0.659. The van der Waals surface area contributed by atoms with E-state index in [-0.39, 0.29) is 36.5 Å². The van der Waals surface area contributed by atoms with E-state index < -0.39 is 6.09 Å². The van der Waals surface area contributed by atoms with Crippen LogP contribution in [-0.2, 0) is 16.1 Å². The normalized spacial score (nSPS) is 19.4. The van der Waals surface area contributed by atoms with Gasteiger partial charge in [0.25, 0.3) is 5.91 Å². The number of aliphatic hydroxyl groups is 1. The summed E-state index contributed by atoms with van der Waals surface area (Å²) in [5.74, 6) is 0.0116. The molecule has 1 N–H and O–H groups in total. The zero-order valence-electron chi connectivity index (χ0n) is 21.4. The minimum absolute atomic E-state index is 0.106. The first-order chi connectivity index (χ1) is 16.7. The van der Waals surface area contributed by atoms with Gasteiger partial charge in [0.15, 0.2) is 0 Å². The van der Waals surface area contributed by atoms with Crippen molar-refractivity contribution in [3.8, 4) is 11.1 Å². The maximum Gasteiger partial charge on any atom is 0.409 e. The molecule has 0 unspecified atom stereocenters. The van der Waals surface area contributed by atoms with Crippen LogP contribution >= 0.6 is 0 Å². The van der Waals surface area contributed by atoms with Gasteiger partial charge in [-0.25, -0.2) is 4.79 Å². The van der Waals surface area contributed by atoms with Gasteiger partial charge in [0, 0.05) is 25.1 Å². The van der Waals surface area contributed by atoms with E-state index in [0.717, 1.165) is 16.7 Å². The minimum Gasteiger partial charge on any atom is -0.449 e. The second kappa shape index (κ2) is 12.2. The molecule has 0 fully saturated rings. The van der Waals surface area contributed by atoms with Crippen molar-refractivity contribution in [2.75, 3.05) is 33.4 Å². The van der Waals surface area contributed by atoms with E-state index in [9.17, 15) is 14.7 Å². The number of carbonyl (C=O) groups is 2. The molecule has 2 amide bonds. The van der Waals surface area contributed by atoms with Gasteiger partial charge >= 0.3 is 6.09 Å². The Kier molecular flexibility index (Phi) is 9.29. The summed E-state index contributed by atoms with van der Waals surface area (Å²) in [5.41, 5.74) is 3.34. The molecule has 3 atom stereocenters. The van der Waals surface area contributed by atoms with E-state index in [0.29, 0.717) is 31.9 Å². The largest absolute Gasteiger partial charge is 0.449 e. The van der Waals surface area contributed by atoms with Gasteiger partial charge < -0.3 is 24.4 Å². The predicted molar refractivity (Wildman–Crippen MR) is 136 cm³/mol. The lowest BCUT2D eigenvalue weighted by Gasteiger charge is -2.35. The third-order valence-corrected chi connectivity index (χ3v) is 6.40. The molecular weight excluding hydrogens is 444 g/mol. The smallest absolute Gasteiger partial charge is 0.409 e. The number of rotatable bonds is 6. The molecule has 0 spiro atoms. The second-order valence-electron chi connectivity index (χ2n) is 9.87. The summed E-state index contributed by atoms with van der Waals surface area (Å²) < 4.78 is 11.8. The van der Waals surface area contributed by atoms with Gasteiger partial charge in [0.2, 0.25) is 0 Å². The van der Waals surface area contributed by atoms with Crippen molar-refractivity contribution in [2.45, 2.75) is 46.4 Å². The van der Waals surface area contributed by atoms with Crippen LogP contribution in [0.25, 0.3) is 11.1 Å². The third-order valence-electron chi connectivity index (χ3n) is 6.40. The van der Waals surface area contributed by atoms with Crippen LogP contribution in [-0.4, -0.2) is 72.4 Å². The molecule has 0 bridgehead atoms. The zero-order chi connectivity index (χ0) is 25.5. The number of likely N-dealkylation sites (N-methyl/N-ethyl adjacent to an activating group) is 1. The average Bonchev–Trinajstić information content (AvgIpc) is 2.88. The van der Waals surface area contributed by atoms with Crippen LogP contribution in [0.5, 0.6) is 0 Å². The molecule has 1 aliphatic heterocycles. The topological polar surface area (TPSA) is 79.3 Å². The number of carbonyl (C=O) groups excluding carboxylic acids is 2. The molecule has 1 aliphatic rings. The van der Waals surface area contributed by atoms with Crippen LogP contribution in [0, 0.1) is 11.8 Å². The Hall–Kier alpha value is -2.90. The van der Waals surface area contributed by atoms with E-state index >= 15 is 0 Å². The van der Waals surface area contributed by atoms with Crippen LogP contribution in [0.15, 0.2) is 48.5 Å². The Morgan fingerprint density at radius 3 is 2.40 bits per heavy atom. The Labute approximate surface area is 208 Å². The number of ether oxygens (including phenoxy) is 2. The van der Waals surface area contributed by atoms with Crippen molar-refractivity contribution >= 4 is 12.0 Å². The number of benzene rings is 2. The summed E-state index contributed by atoms with van der Waals surface area (Å²) in [4.78, 5) is 29.6. The highest BCUT2D eigenvalue weighted by Gasteiger charge is 2.31. The molecule has 0 saturated carbocycles. The first kappa shape index (κ1) is 26.7. The molecule has 190 valence electrons. The fraction of sp³-hybridized carbons (Fsp3) is 0.500. The minimum atomic E-state index is -0.395. The van der Waals surface area contributed by atoms with E-state index in [1.807, 2.05) is 76.2 Å². The molecule has 2 aromatic carbocycles. The van der Waals surface area contributed by atoms with Crippen LogP contribution in [0.1, 0.15) is 43.6 Å². The highest BCUT2D eigenvalue weighted by atomic mass is 16.6. The van der Waals surface area contributed by atoms with Gasteiger partial charge in [-0.05, 0) is 35.6 Å². The van der Waals surface area contributed by atoms with Crippen molar-refractivity contribution in [1.82, 2.24) is 9.80 Å². The third kappa shape index (κ3) is 6.61. The van der Waals surface area contributed by atoms with Crippen LogP contribution in [0.2, 0.25) is 0 Å². The SMILES string of the molecule is CC(C)COC(=O)N(C)C[C@@H]1OCc2ccccc2-c2ccccc2C(=O)N([C@H](C)CO)C[C@H]1C. The Morgan fingerprint density at radius 2 is 1.74 bits per heavy atom. The van der Waals surface area contributed by atoms with Crippen molar-refractivity contribution in [2.24, 2.45) is 11.8 Å². The summed E-state index contributed by atoms with van der Waals surface area (Å²) in [6.45, 7) is 9.09. The number of hydrogen-bond donors (Lipinski definition) is 1. The lowest BCUT2D eigenvalue weighted by Crippen LogP contribution is -2.47. The van der Waals surface area contributed by atoms with Crippen LogP contribution < -0.4 is 0 Å². The van der Waals surface area contributed by atoms with Crippen molar-refractivity contribution in [3.63, 3.8) is 0 Å². The van der Waals surface area contributed by atoms with Crippen LogP contribution in [0.4, 0.5) is 4.79 Å². The molecule has 0 aromatic heterocycles. The van der Waals surface area contributed by atoms with Gasteiger partial charge in [-0.1, -0.05) is 63.2 Å². The zero-order valence-corrected chi connectivity index (χ0v) is 21.4. The van der Waals surface area contributed by atoms with Gasteiger partial charge in [-0.2, -0.15) is 0 Å². The summed E-state index contributed by atoms with van der Waals surface area (Å²) in [6, 6.07) is 15.1. The maximum absolute atomic E-state index is 13.8. The lowest BCUT2D eigenvalue weighted by atomic mass is 9.94. The summed E-state index contributed by atoms with van der Waals surface area (Å²) >= 11 is 0. The standard InChI is InChI=1S/C28H38N2O5/c1-19(2)17-35-28(33)29(5)15-26-20(3)14-30(21(4)16-31)27(32)25-13-9-8-12-24(25)23-11-7-6-10-22(23)18-34-26/h6-13,19-21,26,31H,14-18H2,1-5H3/t20-,21-,26+/m1/s1. The van der Waals surface area contributed by atoms with Crippen molar-refractivity contribution < 1.29 is 24.2 Å². The Morgan fingerprint density at radius 1 is 1.11 bits per heavy atom. The fourth-order valence-corrected chi connectivity index (χ4v) is 4.24. The average molecular weight is 483 g/mol. The summed E-state index contributed by atoms with van der Waals surface area (Å²) in [6.07, 6.45) is -0.740. The first-order valence-corrected chi connectivity index (χ1v) is 12.3.